The molecule has 1 saturated heterocycles. The van der Waals surface area contributed by atoms with E-state index in [4.69, 9.17) is 0 Å². The molecule has 0 bridgehead atoms. The summed E-state index contributed by atoms with van der Waals surface area (Å²) in [6.07, 6.45) is 3.84. The fraction of sp³-hybridized carbons (Fsp3) is 0.350. The Bertz CT molecular complexity index is 981. The second-order valence-electron chi connectivity index (χ2n) is 6.93. The van der Waals surface area contributed by atoms with Gasteiger partial charge in [-0.25, -0.2) is 4.68 Å². The zero-order valence-corrected chi connectivity index (χ0v) is 15.4. The molecular formula is C20H23N5O2. The minimum Gasteiger partial charge on any atom is -0.336 e. The molecule has 140 valence electrons. The molecule has 0 spiro atoms. The van der Waals surface area contributed by atoms with Crippen molar-refractivity contribution in [2.24, 2.45) is 0 Å². The molecule has 0 saturated carbocycles. The van der Waals surface area contributed by atoms with Crippen LogP contribution in [0, 0.1) is 6.92 Å². The van der Waals surface area contributed by atoms with Crippen molar-refractivity contribution in [1.29, 1.82) is 0 Å². The third kappa shape index (κ3) is 3.78. The van der Waals surface area contributed by atoms with Crippen LogP contribution in [-0.2, 0) is 6.54 Å². The number of nitrogens with zero attached hydrogens (tertiary/aromatic N) is 5. The third-order valence-corrected chi connectivity index (χ3v) is 5.04. The van der Waals surface area contributed by atoms with Crippen LogP contribution in [0.25, 0.3) is 5.52 Å². The molecule has 0 aromatic carbocycles. The number of hydrogen-bond donors (Lipinski definition) is 0. The summed E-state index contributed by atoms with van der Waals surface area (Å²) in [6.45, 7) is 6.21. The molecule has 1 aliphatic heterocycles. The Morgan fingerprint density at radius 1 is 1.07 bits per heavy atom. The van der Waals surface area contributed by atoms with Gasteiger partial charge >= 0.3 is 0 Å². The Morgan fingerprint density at radius 3 is 2.67 bits per heavy atom. The molecule has 7 heteroatoms. The molecule has 3 aromatic rings. The van der Waals surface area contributed by atoms with E-state index in [0.29, 0.717) is 19.6 Å². The van der Waals surface area contributed by atoms with Gasteiger partial charge < -0.3 is 9.30 Å². The molecule has 1 aliphatic rings. The van der Waals surface area contributed by atoms with E-state index < -0.39 is 0 Å². The third-order valence-electron chi connectivity index (χ3n) is 5.04. The normalized spacial score (nSPS) is 15.4. The summed E-state index contributed by atoms with van der Waals surface area (Å²) in [5.74, 6) is 0.0786. The molecule has 0 atom stereocenters. The van der Waals surface area contributed by atoms with Gasteiger partial charge in [-0.3, -0.25) is 14.5 Å². The van der Waals surface area contributed by atoms with Crippen molar-refractivity contribution < 1.29 is 4.79 Å². The minimum atomic E-state index is -0.0739. The average Bonchev–Trinajstić information content (AvgIpc) is 3.13. The number of fused-ring (bicyclic) bond motifs is 1. The van der Waals surface area contributed by atoms with Crippen LogP contribution in [0.5, 0.6) is 0 Å². The van der Waals surface area contributed by atoms with Gasteiger partial charge in [-0.2, -0.15) is 5.10 Å². The fourth-order valence-corrected chi connectivity index (χ4v) is 3.48. The Kier molecular flexibility index (Phi) is 4.77. The number of rotatable bonds is 4. The summed E-state index contributed by atoms with van der Waals surface area (Å²) in [6, 6.07) is 11.1. The first-order valence-corrected chi connectivity index (χ1v) is 9.23. The van der Waals surface area contributed by atoms with Gasteiger partial charge in [0.25, 0.3) is 11.5 Å². The summed E-state index contributed by atoms with van der Waals surface area (Å²) in [7, 11) is 0. The molecule has 0 unspecified atom stereocenters. The average molecular weight is 365 g/mol. The lowest BCUT2D eigenvalue weighted by atomic mass is 10.2. The van der Waals surface area contributed by atoms with E-state index in [2.05, 4.69) is 10.00 Å². The molecule has 4 heterocycles. The molecule has 1 fully saturated rings. The van der Waals surface area contributed by atoms with Gasteiger partial charge in [-0.05, 0) is 31.2 Å². The number of amides is 1. The summed E-state index contributed by atoms with van der Waals surface area (Å²) >= 11 is 0. The second-order valence-corrected chi connectivity index (χ2v) is 6.93. The zero-order chi connectivity index (χ0) is 18.8. The van der Waals surface area contributed by atoms with E-state index in [0.717, 1.165) is 36.4 Å². The summed E-state index contributed by atoms with van der Waals surface area (Å²) < 4.78 is 3.48. The maximum absolute atomic E-state index is 12.8. The topological polar surface area (TPSA) is 62.9 Å². The van der Waals surface area contributed by atoms with Crippen LogP contribution in [0.3, 0.4) is 0 Å². The highest BCUT2D eigenvalue weighted by molar-refractivity contribution is 5.95. The van der Waals surface area contributed by atoms with Crippen LogP contribution in [0.4, 0.5) is 0 Å². The largest absolute Gasteiger partial charge is 0.336 e. The lowest BCUT2D eigenvalue weighted by molar-refractivity contribution is 0.0631. The van der Waals surface area contributed by atoms with Gasteiger partial charge in [-0.1, -0.05) is 6.07 Å². The lowest BCUT2D eigenvalue weighted by Gasteiger charge is -2.34. The molecule has 1 amide bonds. The minimum absolute atomic E-state index is 0.0739. The monoisotopic (exact) mass is 365 g/mol. The quantitative estimate of drug-likeness (QED) is 0.698. The number of aromatic nitrogens is 3. The number of pyridine rings is 1. The molecular weight excluding hydrogens is 342 g/mol. The molecule has 27 heavy (non-hydrogen) atoms. The van der Waals surface area contributed by atoms with E-state index in [9.17, 15) is 9.59 Å². The number of aryl methyl sites for hydroxylation is 1. The maximum atomic E-state index is 12.8. The SMILES string of the molecule is Cc1ccc(=O)n(CCN2CCN(C(=O)c3cc4ccccn4c3)CC2)n1. The molecule has 0 aliphatic carbocycles. The van der Waals surface area contributed by atoms with Crippen molar-refractivity contribution in [3.05, 3.63) is 70.4 Å². The van der Waals surface area contributed by atoms with Crippen LogP contribution in [0.15, 0.2) is 53.6 Å². The molecule has 3 aromatic heterocycles. The highest BCUT2D eigenvalue weighted by Crippen LogP contribution is 2.13. The van der Waals surface area contributed by atoms with Gasteiger partial charge in [0.05, 0.1) is 17.8 Å². The number of piperazine rings is 1. The number of hydrogen-bond acceptors (Lipinski definition) is 4. The first kappa shape index (κ1) is 17.5. The van der Waals surface area contributed by atoms with Crippen LogP contribution in [0.2, 0.25) is 0 Å². The predicted octanol–water partition coefficient (Wildman–Crippen LogP) is 1.26. The van der Waals surface area contributed by atoms with Gasteiger partial charge in [0.1, 0.15) is 0 Å². The molecule has 0 radical (unpaired) electrons. The summed E-state index contributed by atoms with van der Waals surface area (Å²) in [5, 5.41) is 4.27. The standard InChI is InChI=1S/C20H23N5O2/c1-16-5-6-19(26)25(21-16)13-10-22-8-11-23(12-9-22)20(27)17-14-18-4-2-3-7-24(18)15-17/h2-7,14-15H,8-13H2,1H3. The Hall–Kier alpha value is -2.93. The highest BCUT2D eigenvalue weighted by atomic mass is 16.2. The van der Waals surface area contributed by atoms with Gasteiger partial charge in [-0.15, -0.1) is 0 Å². The fourth-order valence-electron chi connectivity index (χ4n) is 3.48. The predicted molar refractivity (Wildman–Crippen MR) is 103 cm³/mol. The van der Waals surface area contributed by atoms with Crippen molar-refractivity contribution in [2.75, 3.05) is 32.7 Å². The molecule has 7 nitrogen and oxygen atoms in total. The van der Waals surface area contributed by atoms with Crippen molar-refractivity contribution in [3.8, 4) is 0 Å². The zero-order valence-electron chi connectivity index (χ0n) is 15.4. The van der Waals surface area contributed by atoms with E-state index >= 15 is 0 Å². The first-order chi connectivity index (χ1) is 13.1. The van der Waals surface area contributed by atoms with Crippen molar-refractivity contribution >= 4 is 11.4 Å². The first-order valence-electron chi connectivity index (χ1n) is 9.23. The van der Waals surface area contributed by atoms with Crippen LogP contribution >= 0.6 is 0 Å². The number of carbonyl (C=O) groups excluding carboxylic acids is 1. The van der Waals surface area contributed by atoms with Gasteiger partial charge in [0, 0.05) is 56.7 Å². The van der Waals surface area contributed by atoms with Crippen LogP contribution in [-0.4, -0.2) is 62.6 Å². The van der Waals surface area contributed by atoms with Crippen molar-refractivity contribution in [2.45, 2.75) is 13.5 Å². The maximum Gasteiger partial charge on any atom is 0.266 e. The van der Waals surface area contributed by atoms with Crippen LogP contribution < -0.4 is 5.56 Å². The van der Waals surface area contributed by atoms with E-state index in [1.807, 2.05) is 52.9 Å². The summed E-state index contributed by atoms with van der Waals surface area (Å²) in [5.41, 5.74) is 2.51. The van der Waals surface area contributed by atoms with Crippen molar-refractivity contribution in [1.82, 2.24) is 24.0 Å². The Morgan fingerprint density at radius 2 is 1.89 bits per heavy atom. The van der Waals surface area contributed by atoms with Gasteiger partial charge in [0.2, 0.25) is 0 Å². The lowest BCUT2D eigenvalue weighted by Crippen LogP contribution is -2.49. The number of carbonyl (C=O) groups is 1. The van der Waals surface area contributed by atoms with E-state index in [1.54, 1.807) is 12.1 Å². The highest BCUT2D eigenvalue weighted by Gasteiger charge is 2.22. The van der Waals surface area contributed by atoms with E-state index in [1.165, 1.54) is 4.68 Å². The Labute approximate surface area is 157 Å². The molecule has 4 rings (SSSR count). The Balaban J connectivity index is 1.33. The smallest absolute Gasteiger partial charge is 0.266 e. The van der Waals surface area contributed by atoms with Crippen molar-refractivity contribution in [3.63, 3.8) is 0 Å². The molecule has 0 N–H and O–H groups in total. The van der Waals surface area contributed by atoms with Crippen LogP contribution in [0.1, 0.15) is 16.1 Å². The summed E-state index contributed by atoms with van der Waals surface area (Å²) in [4.78, 5) is 28.8. The van der Waals surface area contributed by atoms with E-state index in [-0.39, 0.29) is 11.5 Å². The second kappa shape index (κ2) is 7.36. The van der Waals surface area contributed by atoms with Gasteiger partial charge in [0.15, 0.2) is 0 Å².